The fourth-order valence-corrected chi connectivity index (χ4v) is 4.83. The Bertz CT molecular complexity index is 1400. The average Bonchev–Trinajstić information content (AvgIpc) is 3.30. The van der Waals surface area contributed by atoms with Gasteiger partial charge in [-0.3, -0.25) is 5.10 Å². The van der Waals surface area contributed by atoms with Gasteiger partial charge in [0.05, 0.1) is 11.7 Å². The van der Waals surface area contributed by atoms with Gasteiger partial charge in [-0.15, -0.1) is 0 Å². The van der Waals surface area contributed by atoms with Crippen LogP contribution in [0.1, 0.15) is 49.8 Å². The van der Waals surface area contributed by atoms with E-state index in [1.54, 1.807) is 10.6 Å². The van der Waals surface area contributed by atoms with E-state index >= 15 is 4.39 Å². The summed E-state index contributed by atoms with van der Waals surface area (Å²) in [5, 5.41) is 16.4. The summed E-state index contributed by atoms with van der Waals surface area (Å²) in [7, 11) is 0. The molecule has 9 heteroatoms. The van der Waals surface area contributed by atoms with Crippen LogP contribution in [0.5, 0.6) is 0 Å². The Hall–Kier alpha value is -3.36. The van der Waals surface area contributed by atoms with Crippen LogP contribution in [-0.2, 0) is 4.79 Å². The van der Waals surface area contributed by atoms with Gasteiger partial charge >= 0.3 is 5.97 Å². The molecule has 0 aliphatic heterocycles. The predicted octanol–water partition coefficient (Wildman–Crippen LogP) is 5.72. The number of H-pyrrole nitrogens is 1. The molecule has 1 saturated carbocycles. The smallest absolute Gasteiger partial charge is 0.341 e. The first kappa shape index (κ1) is 20.5. The number of nitrogens with zero attached hydrogens (tertiary/aromatic N) is 2. The van der Waals surface area contributed by atoms with Gasteiger partial charge in [-0.05, 0) is 48.4 Å². The van der Waals surface area contributed by atoms with Crippen molar-refractivity contribution in [2.45, 2.75) is 44.2 Å². The molecule has 5 rings (SSSR count). The number of aromatic amines is 1. The number of aromatic nitrogens is 3. The van der Waals surface area contributed by atoms with E-state index in [0.717, 1.165) is 12.1 Å². The lowest BCUT2D eigenvalue weighted by atomic mass is 9.68. The highest BCUT2D eigenvalue weighted by Crippen LogP contribution is 2.53. The lowest BCUT2D eigenvalue weighted by Crippen LogP contribution is -2.45. The molecule has 0 radical (unpaired) electrons. The van der Waals surface area contributed by atoms with E-state index in [2.05, 4.69) is 10.2 Å². The molecular formula is C23H19F4N3O2. The van der Waals surface area contributed by atoms with Crippen molar-refractivity contribution in [3.8, 4) is 5.69 Å². The molecule has 32 heavy (non-hydrogen) atoms. The molecule has 4 aromatic rings. The molecule has 0 bridgehead atoms. The van der Waals surface area contributed by atoms with Gasteiger partial charge in [0.25, 0.3) is 0 Å². The number of fused-ring (bicyclic) bond motifs is 2. The molecule has 0 atom stereocenters. The SMILES string of the molecule is CC(C)c1c([C@H]2C[C@](F)(C(=O)O)C2)c2c(F)c3[nH]ncc3cc2n1-c1ccc(F)c(F)c1. The van der Waals surface area contributed by atoms with E-state index in [4.69, 9.17) is 0 Å². The number of alkyl halides is 1. The largest absolute Gasteiger partial charge is 0.479 e. The average molecular weight is 445 g/mol. The Morgan fingerprint density at radius 2 is 1.94 bits per heavy atom. The summed E-state index contributed by atoms with van der Waals surface area (Å²) < 4.78 is 59.7. The molecule has 1 fully saturated rings. The molecule has 2 heterocycles. The first-order chi connectivity index (χ1) is 15.1. The van der Waals surface area contributed by atoms with Crippen LogP contribution in [0.15, 0.2) is 30.5 Å². The summed E-state index contributed by atoms with van der Waals surface area (Å²) in [4.78, 5) is 11.3. The molecule has 1 aliphatic carbocycles. The van der Waals surface area contributed by atoms with E-state index in [0.29, 0.717) is 22.2 Å². The number of carbonyl (C=O) groups is 1. The first-order valence-electron chi connectivity index (χ1n) is 10.2. The minimum absolute atomic E-state index is 0.167. The zero-order valence-corrected chi connectivity index (χ0v) is 17.2. The Labute approximate surface area is 179 Å². The first-order valence-corrected chi connectivity index (χ1v) is 10.2. The van der Waals surface area contributed by atoms with Crippen molar-refractivity contribution in [3.05, 3.63) is 59.2 Å². The molecule has 5 nitrogen and oxygen atoms in total. The topological polar surface area (TPSA) is 70.9 Å². The van der Waals surface area contributed by atoms with Gasteiger partial charge in [0, 0.05) is 28.2 Å². The van der Waals surface area contributed by atoms with E-state index < -0.39 is 35.0 Å². The number of rotatable bonds is 4. The van der Waals surface area contributed by atoms with Crippen LogP contribution in [0, 0.1) is 17.5 Å². The normalized spacial score (nSPS) is 20.9. The third kappa shape index (κ3) is 2.76. The Morgan fingerprint density at radius 1 is 1.22 bits per heavy atom. The number of carboxylic acid groups (broad SMARTS) is 1. The van der Waals surface area contributed by atoms with Crippen LogP contribution in [0.25, 0.3) is 27.5 Å². The molecular weight excluding hydrogens is 426 g/mol. The van der Waals surface area contributed by atoms with Gasteiger partial charge in [-0.25, -0.2) is 22.4 Å². The monoisotopic (exact) mass is 445 g/mol. The number of nitrogens with one attached hydrogen (secondary N) is 1. The molecule has 2 aromatic heterocycles. The van der Waals surface area contributed by atoms with E-state index in [1.165, 1.54) is 12.3 Å². The van der Waals surface area contributed by atoms with Crippen molar-refractivity contribution in [3.63, 3.8) is 0 Å². The highest BCUT2D eigenvalue weighted by molar-refractivity contribution is 6.00. The van der Waals surface area contributed by atoms with Gasteiger partial charge in [0.1, 0.15) is 5.52 Å². The lowest BCUT2D eigenvalue weighted by molar-refractivity contribution is -0.158. The van der Waals surface area contributed by atoms with Crippen molar-refractivity contribution >= 4 is 27.8 Å². The summed E-state index contributed by atoms with van der Waals surface area (Å²) in [6.45, 7) is 3.72. The Morgan fingerprint density at radius 3 is 2.56 bits per heavy atom. The van der Waals surface area contributed by atoms with E-state index in [1.807, 2.05) is 13.8 Å². The van der Waals surface area contributed by atoms with Crippen LogP contribution in [0.2, 0.25) is 0 Å². The summed E-state index contributed by atoms with van der Waals surface area (Å²) in [5.41, 5.74) is -0.432. The summed E-state index contributed by atoms with van der Waals surface area (Å²) in [5.74, 6) is -4.95. The summed E-state index contributed by atoms with van der Waals surface area (Å²) >= 11 is 0. The van der Waals surface area contributed by atoms with Gasteiger partial charge < -0.3 is 9.67 Å². The van der Waals surface area contributed by atoms with Crippen molar-refractivity contribution in [2.75, 3.05) is 0 Å². The Balaban J connectivity index is 1.86. The summed E-state index contributed by atoms with van der Waals surface area (Å²) in [6.07, 6.45) is 0.869. The Kier molecular flexibility index (Phi) is 4.38. The molecule has 0 saturated heterocycles. The van der Waals surface area contributed by atoms with Crippen LogP contribution in [-0.4, -0.2) is 31.5 Å². The standard InChI is InChI=1S/C23H19F4N3O2/c1-10(2)21-17(12-7-23(27,8-12)22(31)32)18-16(5-11-9-28-29-20(11)19(18)26)30(21)13-3-4-14(24)15(25)6-13/h3-6,9-10,12H,7-8H2,1-2H3,(H,28,29)(H,31,32)/t12-,23+. The molecule has 2 aromatic carbocycles. The fourth-order valence-electron chi connectivity index (χ4n) is 4.83. The van der Waals surface area contributed by atoms with Gasteiger partial charge in [0.2, 0.25) is 5.67 Å². The minimum Gasteiger partial charge on any atom is -0.479 e. The third-order valence-electron chi connectivity index (χ3n) is 6.32. The van der Waals surface area contributed by atoms with Crippen LogP contribution >= 0.6 is 0 Å². The van der Waals surface area contributed by atoms with E-state index in [9.17, 15) is 23.1 Å². The van der Waals surface area contributed by atoms with Crippen LogP contribution in [0.4, 0.5) is 17.6 Å². The van der Waals surface area contributed by atoms with Gasteiger partial charge in [-0.2, -0.15) is 5.10 Å². The van der Waals surface area contributed by atoms with Crippen molar-refractivity contribution in [2.24, 2.45) is 0 Å². The zero-order chi connectivity index (χ0) is 22.9. The van der Waals surface area contributed by atoms with E-state index in [-0.39, 0.29) is 35.3 Å². The number of halogens is 4. The van der Waals surface area contributed by atoms with Gasteiger partial charge in [0.15, 0.2) is 17.5 Å². The van der Waals surface area contributed by atoms with Crippen molar-refractivity contribution < 1.29 is 27.5 Å². The number of aliphatic carboxylic acids is 1. The fraction of sp³-hybridized carbons (Fsp3) is 0.304. The predicted molar refractivity (Wildman–Crippen MR) is 110 cm³/mol. The number of carboxylic acids is 1. The van der Waals surface area contributed by atoms with Crippen LogP contribution < -0.4 is 0 Å². The van der Waals surface area contributed by atoms with Crippen molar-refractivity contribution in [1.82, 2.24) is 14.8 Å². The molecule has 166 valence electrons. The third-order valence-corrected chi connectivity index (χ3v) is 6.32. The highest BCUT2D eigenvalue weighted by Gasteiger charge is 2.53. The maximum absolute atomic E-state index is 15.7. The molecule has 0 amide bonds. The zero-order valence-electron chi connectivity index (χ0n) is 17.2. The molecule has 0 unspecified atom stereocenters. The highest BCUT2D eigenvalue weighted by atomic mass is 19.2. The minimum atomic E-state index is -2.37. The lowest BCUT2D eigenvalue weighted by Gasteiger charge is -2.39. The number of benzene rings is 2. The second-order valence-electron chi connectivity index (χ2n) is 8.68. The molecule has 1 aliphatic rings. The maximum atomic E-state index is 15.7. The van der Waals surface area contributed by atoms with Crippen LogP contribution in [0.3, 0.4) is 0 Å². The van der Waals surface area contributed by atoms with Gasteiger partial charge in [-0.1, -0.05) is 13.8 Å². The number of hydrogen-bond donors (Lipinski definition) is 2. The second kappa shape index (κ2) is 6.82. The summed E-state index contributed by atoms with van der Waals surface area (Å²) in [6, 6.07) is 5.10. The second-order valence-corrected chi connectivity index (χ2v) is 8.68. The maximum Gasteiger partial charge on any atom is 0.341 e. The number of hydrogen-bond acceptors (Lipinski definition) is 2. The quantitative estimate of drug-likeness (QED) is 0.395. The molecule has 2 N–H and O–H groups in total. The van der Waals surface area contributed by atoms with Crippen molar-refractivity contribution in [1.29, 1.82) is 0 Å². The molecule has 0 spiro atoms.